The van der Waals surface area contributed by atoms with Crippen molar-refractivity contribution in [3.63, 3.8) is 0 Å². The van der Waals surface area contributed by atoms with Gasteiger partial charge in [-0.15, -0.1) is 0 Å². The minimum absolute atomic E-state index is 0.925. The fraction of sp³-hybridized carbons (Fsp3) is 0.0909. The highest BCUT2D eigenvalue weighted by atomic mass is 16.3. The van der Waals surface area contributed by atoms with Gasteiger partial charge in [0, 0.05) is 27.8 Å². The summed E-state index contributed by atoms with van der Waals surface area (Å²) in [6, 6.07) is 54.9. The third kappa shape index (κ3) is 5.22. The Morgan fingerprint density at radius 2 is 1.15 bits per heavy atom. The number of rotatable bonds is 7. The van der Waals surface area contributed by atoms with Crippen molar-refractivity contribution < 1.29 is 4.42 Å². The molecule has 0 fully saturated rings. The molecule has 2 nitrogen and oxygen atoms in total. The van der Waals surface area contributed by atoms with Crippen LogP contribution >= 0.6 is 0 Å². The first-order valence-corrected chi connectivity index (χ1v) is 16.1. The highest BCUT2D eigenvalue weighted by molar-refractivity contribution is 6.07. The minimum Gasteiger partial charge on any atom is -0.456 e. The maximum absolute atomic E-state index is 6.17. The summed E-state index contributed by atoms with van der Waals surface area (Å²) in [5.74, 6) is 0. The van der Waals surface area contributed by atoms with Gasteiger partial charge in [0.05, 0.1) is 0 Å². The molecule has 0 spiro atoms. The van der Waals surface area contributed by atoms with Crippen molar-refractivity contribution in [1.82, 2.24) is 0 Å². The molecule has 0 N–H and O–H groups in total. The van der Waals surface area contributed by atoms with Crippen LogP contribution in [0.25, 0.3) is 43.8 Å². The van der Waals surface area contributed by atoms with Crippen LogP contribution in [0.2, 0.25) is 0 Å². The molecular formula is C44H35NO. The van der Waals surface area contributed by atoms with E-state index in [1.54, 1.807) is 0 Å². The second-order valence-corrected chi connectivity index (χ2v) is 12.3. The molecule has 1 aromatic heterocycles. The van der Waals surface area contributed by atoms with Gasteiger partial charge in [0.15, 0.2) is 0 Å². The molecule has 0 amide bonds. The van der Waals surface area contributed by atoms with E-state index in [1.165, 1.54) is 44.2 Å². The van der Waals surface area contributed by atoms with Gasteiger partial charge in [-0.25, -0.2) is 0 Å². The second kappa shape index (κ2) is 11.7. The predicted molar refractivity (Wildman–Crippen MR) is 195 cm³/mol. The number of nitrogens with zero attached hydrogens (tertiary/aromatic N) is 1. The zero-order valence-corrected chi connectivity index (χ0v) is 26.2. The smallest absolute Gasteiger partial charge is 0.135 e. The van der Waals surface area contributed by atoms with Crippen molar-refractivity contribution in [3.8, 4) is 11.1 Å². The maximum Gasteiger partial charge on any atom is 0.135 e. The number of para-hydroxylation sites is 2. The summed E-state index contributed by atoms with van der Waals surface area (Å²) >= 11 is 0. The van der Waals surface area contributed by atoms with E-state index in [0.29, 0.717) is 0 Å². The highest BCUT2D eigenvalue weighted by Crippen LogP contribution is 2.40. The van der Waals surface area contributed by atoms with E-state index in [4.69, 9.17) is 4.42 Å². The molecule has 0 aliphatic rings. The molecule has 8 rings (SSSR count). The predicted octanol–water partition coefficient (Wildman–Crippen LogP) is 12.3. The lowest BCUT2D eigenvalue weighted by molar-refractivity contribution is 0.669. The molecule has 0 radical (unpaired) electrons. The standard InChI is InChI=1S/C44H35NO/c1-30-12-16-32(17-13-30)18-24-40-38(34-20-27-44-42(29-34)41-10-6-7-11-43(41)46-44)25-19-33-28-37(23-26-39(33)40)45(35-8-4-3-5-9-35)36-21-14-31(2)15-22-36/h3-17,19-23,25-29H,18,24H2,1-2H3. The molecule has 0 unspecified atom stereocenters. The third-order valence-corrected chi connectivity index (χ3v) is 9.15. The maximum atomic E-state index is 6.17. The molecule has 0 bridgehead atoms. The number of aryl methyl sites for hydroxylation is 4. The molecule has 0 atom stereocenters. The first-order chi connectivity index (χ1) is 22.6. The lowest BCUT2D eigenvalue weighted by atomic mass is 9.89. The minimum atomic E-state index is 0.925. The van der Waals surface area contributed by atoms with Crippen molar-refractivity contribution in [1.29, 1.82) is 0 Å². The van der Waals surface area contributed by atoms with Gasteiger partial charge in [-0.2, -0.15) is 0 Å². The van der Waals surface area contributed by atoms with Crippen molar-refractivity contribution in [2.24, 2.45) is 0 Å². The van der Waals surface area contributed by atoms with Gasteiger partial charge >= 0.3 is 0 Å². The second-order valence-electron chi connectivity index (χ2n) is 12.3. The zero-order valence-electron chi connectivity index (χ0n) is 26.2. The number of hydrogen-bond acceptors (Lipinski definition) is 2. The molecular weight excluding hydrogens is 558 g/mol. The molecule has 46 heavy (non-hydrogen) atoms. The summed E-state index contributed by atoms with van der Waals surface area (Å²) in [7, 11) is 0. The number of furan rings is 1. The van der Waals surface area contributed by atoms with E-state index in [9.17, 15) is 0 Å². The molecule has 0 saturated carbocycles. The van der Waals surface area contributed by atoms with Crippen molar-refractivity contribution in [2.75, 3.05) is 4.90 Å². The molecule has 1 heterocycles. The van der Waals surface area contributed by atoms with Gasteiger partial charge < -0.3 is 9.32 Å². The largest absolute Gasteiger partial charge is 0.456 e. The number of fused-ring (bicyclic) bond motifs is 4. The van der Waals surface area contributed by atoms with Crippen LogP contribution < -0.4 is 4.90 Å². The average molecular weight is 594 g/mol. The Bertz CT molecular complexity index is 2310. The van der Waals surface area contributed by atoms with Crippen LogP contribution in [0, 0.1) is 13.8 Å². The fourth-order valence-electron chi connectivity index (χ4n) is 6.70. The summed E-state index contributed by atoms with van der Waals surface area (Å²) in [6.07, 6.45) is 1.92. The zero-order chi connectivity index (χ0) is 31.0. The van der Waals surface area contributed by atoms with Crippen LogP contribution in [0.1, 0.15) is 22.3 Å². The molecule has 7 aromatic carbocycles. The summed E-state index contributed by atoms with van der Waals surface area (Å²) in [6.45, 7) is 4.28. The van der Waals surface area contributed by atoms with E-state index < -0.39 is 0 Å². The topological polar surface area (TPSA) is 16.4 Å². The van der Waals surface area contributed by atoms with E-state index in [0.717, 1.165) is 51.8 Å². The normalized spacial score (nSPS) is 11.4. The third-order valence-electron chi connectivity index (χ3n) is 9.15. The molecule has 0 aliphatic heterocycles. The van der Waals surface area contributed by atoms with Gasteiger partial charge in [-0.1, -0.05) is 108 Å². The highest BCUT2D eigenvalue weighted by Gasteiger charge is 2.17. The van der Waals surface area contributed by atoms with Gasteiger partial charge in [0.25, 0.3) is 0 Å². The SMILES string of the molecule is Cc1ccc(CCc2c(-c3ccc4oc5ccccc5c4c3)ccc3cc(N(c4ccccc4)c4ccc(C)cc4)ccc23)cc1. The first kappa shape index (κ1) is 27.9. The Morgan fingerprint density at radius 1 is 0.478 bits per heavy atom. The van der Waals surface area contributed by atoms with Gasteiger partial charge in [0.2, 0.25) is 0 Å². The number of hydrogen-bond donors (Lipinski definition) is 0. The van der Waals surface area contributed by atoms with Crippen LogP contribution in [-0.4, -0.2) is 0 Å². The monoisotopic (exact) mass is 593 g/mol. The Labute approximate surface area is 270 Å². The Morgan fingerprint density at radius 3 is 1.96 bits per heavy atom. The Kier molecular flexibility index (Phi) is 7.11. The lowest BCUT2D eigenvalue weighted by Crippen LogP contribution is -2.09. The number of benzene rings is 7. The van der Waals surface area contributed by atoms with E-state index in [1.807, 2.05) is 12.1 Å². The van der Waals surface area contributed by atoms with Gasteiger partial charge in [0.1, 0.15) is 11.2 Å². The molecule has 0 saturated heterocycles. The molecule has 2 heteroatoms. The summed E-state index contributed by atoms with van der Waals surface area (Å²) < 4.78 is 6.17. The van der Waals surface area contributed by atoms with Crippen molar-refractivity contribution in [3.05, 3.63) is 174 Å². The van der Waals surface area contributed by atoms with E-state index in [-0.39, 0.29) is 0 Å². The average Bonchev–Trinajstić information content (AvgIpc) is 3.47. The van der Waals surface area contributed by atoms with Crippen molar-refractivity contribution in [2.45, 2.75) is 26.7 Å². The summed E-state index contributed by atoms with van der Waals surface area (Å²) in [5, 5.41) is 4.85. The van der Waals surface area contributed by atoms with Gasteiger partial charge in [-0.3, -0.25) is 0 Å². The summed E-state index contributed by atoms with van der Waals surface area (Å²) in [5.41, 5.74) is 13.1. The van der Waals surface area contributed by atoms with Crippen LogP contribution in [0.3, 0.4) is 0 Å². The van der Waals surface area contributed by atoms with Crippen LogP contribution in [0.4, 0.5) is 17.1 Å². The van der Waals surface area contributed by atoms with Crippen LogP contribution in [0.5, 0.6) is 0 Å². The molecule has 8 aromatic rings. The lowest BCUT2D eigenvalue weighted by Gasteiger charge is -2.26. The Hall–Kier alpha value is -5.60. The van der Waals surface area contributed by atoms with Crippen molar-refractivity contribution >= 4 is 49.8 Å². The van der Waals surface area contributed by atoms with E-state index in [2.05, 4.69) is 158 Å². The first-order valence-electron chi connectivity index (χ1n) is 16.1. The van der Waals surface area contributed by atoms with Crippen LogP contribution in [-0.2, 0) is 12.8 Å². The van der Waals surface area contributed by atoms with Gasteiger partial charge in [-0.05, 0) is 114 Å². The quantitative estimate of drug-likeness (QED) is 0.183. The fourth-order valence-corrected chi connectivity index (χ4v) is 6.70. The molecule has 222 valence electrons. The van der Waals surface area contributed by atoms with Crippen LogP contribution in [0.15, 0.2) is 156 Å². The van der Waals surface area contributed by atoms with E-state index >= 15 is 0 Å². The summed E-state index contributed by atoms with van der Waals surface area (Å²) in [4.78, 5) is 2.34. The number of anilines is 3. The Balaban J connectivity index is 1.27. The molecule has 0 aliphatic carbocycles.